The second-order valence-corrected chi connectivity index (χ2v) is 4.67. The summed E-state index contributed by atoms with van der Waals surface area (Å²) >= 11 is 0. The lowest BCUT2D eigenvalue weighted by Crippen LogP contribution is -2.46. The monoisotopic (exact) mass is 253 g/mol. The van der Waals surface area contributed by atoms with E-state index in [1.54, 1.807) is 6.07 Å². The Labute approximate surface area is 107 Å². The molecule has 1 aliphatic rings. The van der Waals surface area contributed by atoms with Crippen LogP contribution in [0.4, 0.5) is 0 Å². The molecule has 100 valence electrons. The van der Waals surface area contributed by atoms with Crippen LogP contribution in [0.5, 0.6) is 0 Å². The van der Waals surface area contributed by atoms with E-state index < -0.39 is 0 Å². The van der Waals surface area contributed by atoms with E-state index in [0.29, 0.717) is 30.5 Å². The Hall–Kier alpha value is -1.33. The maximum atomic E-state index is 11.6. The Morgan fingerprint density at radius 3 is 3.06 bits per heavy atom. The van der Waals surface area contributed by atoms with Crippen molar-refractivity contribution in [2.75, 3.05) is 20.3 Å². The molecule has 0 aromatic carbocycles. The first-order valence-corrected chi connectivity index (χ1v) is 6.12. The van der Waals surface area contributed by atoms with Crippen molar-refractivity contribution in [3.63, 3.8) is 0 Å². The Morgan fingerprint density at radius 2 is 2.33 bits per heavy atom. The van der Waals surface area contributed by atoms with E-state index in [1.807, 2.05) is 6.92 Å². The van der Waals surface area contributed by atoms with Gasteiger partial charge in [-0.1, -0.05) is 0 Å². The Balaban J connectivity index is 2.09. The largest absolute Gasteiger partial charge is 0.467 e. The van der Waals surface area contributed by atoms with Gasteiger partial charge in [0.1, 0.15) is 11.3 Å². The van der Waals surface area contributed by atoms with Crippen molar-refractivity contribution < 1.29 is 18.7 Å². The number of rotatable bonds is 3. The van der Waals surface area contributed by atoms with Gasteiger partial charge >= 0.3 is 5.97 Å². The smallest absolute Gasteiger partial charge is 0.341 e. The van der Waals surface area contributed by atoms with Crippen LogP contribution in [0.15, 0.2) is 16.7 Å². The van der Waals surface area contributed by atoms with Gasteiger partial charge in [-0.05, 0) is 19.9 Å². The second-order valence-electron chi connectivity index (χ2n) is 4.67. The SMILES string of the molecule is COC(=O)c1ccoc1CN1C[C@H](C)OC[C@H]1C. The highest BCUT2D eigenvalue weighted by molar-refractivity contribution is 5.90. The molecule has 0 bridgehead atoms. The highest BCUT2D eigenvalue weighted by Crippen LogP contribution is 2.19. The molecule has 18 heavy (non-hydrogen) atoms. The molecule has 5 nitrogen and oxygen atoms in total. The van der Waals surface area contributed by atoms with Gasteiger partial charge in [0.25, 0.3) is 0 Å². The van der Waals surface area contributed by atoms with Crippen LogP contribution >= 0.6 is 0 Å². The predicted molar refractivity (Wildman–Crippen MR) is 65.3 cm³/mol. The minimum atomic E-state index is -0.354. The summed E-state index contributed by atoms with van der Waals surface area (Å²) in [4.78, 5) is 13.8. The molecule has 5 heteroatoms. The number of hydrogen-bond acceptors (Lipinski definition) is 5. The molecule has 0 aliphatic carbocycles. The number of nitrogens with zero attached hydrogens (tertiary/aromatic N) is 1. The molecule has 0 radical (unpaired) electrons. The van der Waals surface area contributed by atoms with Gasteiger partial charge < -0.3 is 13.9 Å². The van der Waals surface area contributed by atoms with Crippen molar-refractivity contribution in [1.29, 1.82) is 0 Å². The van der Waals surface area contributed by atoms with E-state index in [1.165, 1.54) is 13.4 Å². The van der Waals surface area contributed by atoms with E-state index in [4.69, 9.17) is 13.9 Å². The molecule has 0 N–H and O–H groups in total. The van der Waals surface area contributed by atoms with Crippen LogP contribution in [0.2, 0.25) is 0 Å². The minimum Gasteiger partial charge on any atom is -0.467 e. The van der Waals surface area contributed by atoms with E-state index >= 15 is 0 Å². The van der Waals surface area contributed by atoms with E-state index in [0.717, 1.165) is 6.54 Å². The van der Waals surface area contributed by atoms with Crippen LogP contribution in [-0.4, -0.2) is 43.3 Å². The molecule has 0 amide bonds. The second kappa shape index (κ2) is 5.54. The van der Waals surface area contributed by atoms with Crippen LogP contribution in [0.1, 0.15) is 30.0 Å². The Bertz CT molecular complexity index is 415. The maximum Gasteiger partial charge on any atom is 0.341 e. The molecule has 2 atom stereocenters. The fourth-order valence-electron chi connectivity index (χ4n) is 2.13. The van der Waals surface area contributed by atoms with Crippen LogP contribution in [0.3, 0.4) is 0 Å². The summed E-state index contributed by atoms with van der Waals surface area (Å²) in [6.07, 6.45) is 1.73. The van der Waals surface area contributed by atoms with Crippen molar-refractivity contribution in [2.45, 2.75) is 32.5 Å². The van der Waals surface area contributed by atoms with Gasteiger partial charge in [-0.25, -0.2) is 4.79 Å². The molecule has 1 aromatic rings. The standard InChI is InChI=1S/C13H19NO4/c1-9-8-18-10(2)6-14(9)7-12-11(4-5-17-12)13(15)16-3/h4-5,9-10H,6-8H2,1-3H3/t9-,10+/m1/s1. The number of furan rings is 1. The molecule has 1 fully saturated rings. The van der Waals surface area contributed by atoms with Crippen molar-refractivity contribution in [3.05, 3.63) is 23.7 Å². The first-order chi connectivity index (χ1) is 8.61. The summed E-state index contributed by atoms with van der Waals surface area (Å²) < 4.78 is 15.7. The highest BCUT2D eigenvalue weighted by atomic mass is 16.5. The quantitative estimate of drug-likeness (QED) is 0.767. The average molecular weight is 253 g/mol. The molecule has 1 aliphatic heterocycles. The minimum absolute atomic E-state index is 0.206. The lowest BCUT2D eigenvalue weighted by Gasteiger charge is -2.36. The third-order valence-corrected chi connectivity index (χ3v) is 3.23. The van der Waals surface area contributed by atoms with Gasteiger partial charge in [0.15, 0.2) is 0 Å². The molecule has 0 unspecified atom stereocenters. The molecule has 2 rings (SSSR count). The van der Waals surface area contributed by atoms with Gasteiger partial charge in [0.2, 0.25) is 0 Å². The van der Waals surface area contributed by atoms with E-state index in [9.17, 15) is 4.79 Å². The number of morpholine rings is 1. The number of esters is 1. The predicted octanol–water partition coefficient (Wildman–Crippen LogP) is 1.68. The highest BCUT2D eigenvalue weighted by Gasteiger charge is 2.26. The molecule has 0 saturated carbocycles. The van der Waals surface area contributed by atoms with Crippen molar-refractivity contribution in [3.8, 4) is 0 Å². The number of carbonyl (C=O) groups is 1. The van der Waals surface area contributed by atoms with Crippen molar-refractivity contribution >= 4 is 5.97 Å². The normalized spacial score (nSPS) is 25.1. The summed E-state index contributed by atoms with van der Waals surface area (Å²) in [5.74, 6) is 0.301. The van der Waals surface area contributed by atoms with Gasteiger partial charge in [-0.2, -0.15) is 0 Å². The van der Waals surface area contributed by atoms with E-state index in [2.05, 4.69) is 11.8 Å². The molecule has 0 spiro atoms. The van der Waals surface area contributed by atoms with Crippen molar-refractivity contribution in [1.82, 2.24) is 4.90 Å². The Kier molecular flexibility index (Phi) is 4.04. The third-order valence-electron chi connectivity index (χ3n) is 3.23. The fourth-order valence-corrected chi connectivity index (χ4v) is 2.13. The Morgan fingerprint density at radius 1 is 1.56 bits per heavy atom. The number of methoxy groups -OCH3 is 1. The van der Waals surface area contributed by atoms with Crippen LogP contribution < -0.4 is 0 Å². The van der Waals surface area contributed by atoms with Gasteiger partial charge in [0.05, 0.1) is 32.6 Å². The fraction of sp³-hybridized carbons (Fsp3) is 0.615. The lowest BCUT2D eigenvalue weighted by molar-refractivity contribution is -0.0546. The molecular weight excluding hydrogens is 234 g/mol. The van der Waals surface area contributed by atoms with Gasteiger partial charge in [-0.15, -0.1) is 0 Å². The summed E-state index contributed by atoms with van der Waals surface area (Å²) in [7, 11) is 1.37. The summed E-state index contributed by atoms with van der Waals surface area (Å²) in [5, 5.41) is 0. The number of carbonyl (C=O) groups excluding carboxylic acids is 1. The first-order valence-electron chi connectivity index (χ1n) is 6.12. The van der Waals surface area contributed by atoms with Crippen LogP contribution in [-0.2, 0) is 16.0 Å². The van der Waals surface area contributed by atoms with Gasteiger partial charge in [0, 0.05) is 12.6 Å². The van der Waals surface area contributed by atoms with Crippen LogP contribution in [0, 0.1) is 0 Å². The number of ether oxygens (including phenoxy) is 2. The summed E-state index contributed by atoms with van der Waals surface area (Å²) in [5.41, 5.74) is 0.504. The molecule has 1 saturated heterocycles. The zero-order valence-corrected chi connectivity index (χ0v) is 11.0. The number of hydrogen-bond donors (Lipinski definition) is 0. The zero-order chi connectivity index (χ0) is 13.1. The molecule has 2 heterocycles. The summed E-state index contributed by atoms with van der Waals surface area (Å²) in [6.45, 7) is 6.29. The zero-order valence-electron chi connectivity index (χ0n) is 11.0. The molecule has 1 aromatic heterocycles. The molecular formula is C13H19NO4. The van der Waals surface area contributed by atoms with Crippen molar-refractivity contribution in [2.24, 2.45) is 0 Å². The third kappa shape index (κ3) is 2.73. The van der Waals surface area contributed by atoms with E-state index in [-0.39, 0.29) is 12.1 Å². The van der Waals surface area contributed by atoms with Gasteiger partial charge in [-0.3, -0.25) is 4.90 Å². The maximum absolute atomic E-state index is 11.6. The average Bonchev–Trinajstić information content (AvgIpc) is 2.81. The van der Waals surface area contributed by atoms with Crippen LogP contribution in [0.25, 0.3) is 0 Å². The topological polar surface area (TPSA) is 51.9 Å². The summed E-state index contributed by atoms with van der Waals surface area (Å²) in [6, 6.07) is 1.96. The lowest BCUT2D eigenvalue weighted by atomic mass is 10.1. The first kappa shape index (κ1) is 13.1.